The first-order valence-corrected chi connectivity index (χ1v) is 7.18. The fourth-order valence-corrected chi connectivity index (χ4v) is 2.69. The molecule has 0 saturated carbocycles. The number of benzene rings is 2. The smallest absolute Gasteiger partial charge is 0.0958 e. The molecule has 4 nitrogen and oxygen atoms in total. The molecular formula is C17H20N4. The second-order valence-corrected chi connectivity index (χ2v) is 5.44. The molecule has 2 aromatic carbocycles. The Hall–Kier alpha value is -2.17. The molecule has 0 aliphatic rings. The Balaban J connectivity index is 1.78. The number of imidazole rings is 1. The fraction of sp³-hybridized carbons (Fsp3) is 0.235. The lowest BCUT2D eigenvalue weighted by atomic mass is 10.0. The highest BCUT2D eigenvalue weighted by atomic mass is 15.2. The van der Waals surface area contributed by atoms with E-state index in [1.165, 1.54) is 11.1 Å². The van der Waals surface area contributed by atoms with Crippen LogP contribution in [-0.4, -0.2) is 15.6 Å². The monoisotopic (exact) mass is 280 g/mol. The van der Waals surface area contributed by atoms with Gasteiger partial charge in [0.1, 0.15) is 0 Å². The molecule has 3 aromatic rings. The maximum absolute atomic E-state index is 5.74. The van der Waals surface area contributed by atoms with Crippen molar-refractivity contribution in [2.75, 3.05) is 0 Å². The summed E-state index contributed by atoms with van der Waals surface area (Å²) < 4.78 is 2.15. The number of fused-ring (bicyclic) bond motifs is 1. The quantitative estimate of drug-likeness (QED) is 0.557. The predicted octanol–water partition coefficient (Wildman–Crippen LogP) is 2.42. The Kier molecular flexibility index (Phi) is 3.99. The zero-order valence-corrected chi connectivity index (χ0v) is 12.2. The van der Waals surface area contributed by atoms with Crippen molar-refractivity contribution in [3.05, 3.63) is 66.0 Å². The highest BCUT2D eigenvalue weighted by molar-refractivity contribution is 5.74. The zero-order valence-electron chi connectivity index (χ0n) is 12.2. The molecule has 0 spiro atoms. The van der Waals surface area contributed by atoms with Crippen LogP contribution in [-0.2, 0) is 13.0 Å². The number of aromatic nitrogens is 2. The number of hydrogen-bond donors (Lipinski definition) is 2. The van der Waals surface area contributed by atoms with E-state index in [-0.39, 0.29) is 6.04 Å². The van der Waals surface area contributed by atoms with Gasteiger partial charge in [-0.25, -0.2) is 4.98 Å². The molecule has 0 radical (unpaired) electrons. The molecule has 1 unspecified atom stereocenters. The molecule has 0 aliphatic carbocycles. The van der Waals surface area contributed by atoms with Gasteiger partial charge >= 0.3 is 0 Å². The second kappa shape index (κ2) is 6.08. The second-order valence-electron chi connectivity index (χ2n) is 5.44. The molecule has 1 aromatic heterocycles. The van der Waals surface area contributed by atoms with Crippen molar-refractivity contribution in [3.63, 3.8) is 0 Å². The third-order valence-corrected chi connectivity index (χ3v) is 3.74. The minimum absolute atomic E-state index is 0.171. The summed E-state index contributed by atoms with van der Waals surface area (Å²) in [5.74, 6) is 5.74. The summed E-state index contributed by atoms with van der Waals surface area (Å²) >= 11 is 0. The van der Waals surface area contributed by atoms with Crippen LogP contribution in [0.3, 0.4) is 0 Å². The van der Waals surface area contributed by atoms with Gasteiger partial charge in [0.25, 0.3) is 0 Å². The van der Waals surface area contributed by atoms with E-state index in [2.05, 4.69) is 52.2 Å². The van der Waals surface area contributed by atoms with Gasteiger partial charge < -0.3 is 4.57 Å². The van der Waals surface area contributed by atoms with Crippen molar-refractivity contribution in [1.82, 2.24) is 15.0 Å². The molecule has 0 bridgehead atoms. The third-order valence-electron chi connectivity index (χ3n) is 3.74. The summed E-state index contributed by atoms with van der Waals surface area (Å²) in [5, 5.41) is 0. The van der Waals surface area contributed by atoms with Gasteiger partial charge in [0.05, 0.1) is 17.4 Å². The van der Waals surface area contributed by atoms with Crippen molar-refractivity contribution in [3.8, 4) is 0 Å². The number of nitrogens with one attached hydrogen (secondary N) is 1. The van der Waals surface area contributed by atoms with Crippen molar-refractivity contribution in [1.29, 1.82) is 0 Å². The topological polar surface area (TPSA) is 55.9 Å². The number of rotatable bonds is 5. The largest absolute Gasteiger partial charge is 0.329 e. The van der Waals surface area contributed by atoms with E-state index < -0.39 is 0 Å². The SMILES string of the molecule is Cc1cccc(CC(Cn2cnc3ccccc32)NN)c1. The Morgan fingerprint density at radius 3 is 2.86 bits per heavy atom. The Morgan fingerprint density at radius 1 is 1.19 bits per heavy atom. The van der Waals surface area contributed by atoms with Crippen molar-refractivity contribution in [2.24, 2.45) is 5.84 Å². The number of para-hydroxylation sites is 2. The molecular weight excluding hydrogens is 260 g/mol. The molecule has 1 atom stereocenters. The first-order chi connectivity index (χ1) is 10.3. The molecule has 0 saturated heterocycles. The van der Waals surface area contributed by atoms with Crippen LogP contribution in [0.5, 0.6) is 0 Å². The average Bonchev–Trinajstić information content (AvgIpc) is 2.90. The summed E-state index contributed by atoms with van der Waals surface area (Å²) in [6, 6.07) is 16.9. The minimum atomic E-state index is 0.171. The van der Waals surface area contributed by atoms with Crippen LogP contribution < -0.4 is 11.3 Å². The first-order valence-electron chi connectivity index (χ1n) is 7.18. The van der Waals surface area contributed by atoms with Gasteiger partial charge in [-0.05, 0) is 31.0 Å². The van der Waals surface area contributed by atoms with Gasteiger partial charge in [-0.15, -0.1) is 0 Å². The molecule has 1 heterocycles. The minimum Gasteiger partial charge on any atom is -0.329 e. The highest BCUT2D eigenvalue weighted by Gasteiger charge is 2.11. The van der Waals surface area contributed by atoms with Crippen LogP contribution >= 0.6 is 0 Å². The van der Waals surface area contributed by atoms with Gasteiger partial charge in [-0.2, -0.15) is 0 Å². The Bertz CT molecular complexity index is 732. The number of aryl methyl sites for hydroxylation is 1. The normalized spacial score (nSPS) is 12.7. The number of hydrazine groups is 1. The van der Waals surface area contributed by atoms with Crippen LogP contribution in [0.4, 0.5) is 0 Å². The van der Waals surface area contributed by atoms with Crippen LogP contribution in [0.25, 0.3) is 11.0 Å². The summed E-state index contributed by atoms with van der Waals surface area (Å²) in [5.41, 5.74) is 7.65. The Labute approximate surface area is 124 Å². The lowest BCUT2D eigenvalue weighted by Crippen LogP contribution is -2.39. The highest BCUT2D eigenvalue weighted by Crippen LogP contribution is 2.14. The molecule has 108 valence electrons. The summed E-state index contributed by atoms with van der Waals surface area (Å²) in [6.45, 7) is 2.91. The van der Waals surface area contributed by atoms with Crippen molar-refractivity contribution in [2.45, 2.75) is 25.9 Å². The van der Waals surface area contributed by atoms with E-state index in [1.807, 2.05) is 24.5 Å². The van der Waals surface area contributed by atoms with Crippen LogP contribution in [0.15, 0.2) is 54.9 Å². The van der Waals surface area contributed by atoms with Crippen LogP contribution in [0.2, 0.25) is 0 Å². The summed E-state index contributed by atoms with van der Waals surface area (Å²) in [4.78, 5) is 4.42. The van der Waals surface area contributed by atoms with Gasteiger partial charge in [0, 0.05) is 12.6 Å². The molecule has 3 rings (SSSR count). The van der Waals surface area contributed by atoms with Crippen molar-refractivity contribution < 1.29 is 0 Å². The van der Waals surface area contributed by atoms with Crippen molar-refractivity contribution >= 4 is 11.0 Å². The standard InChI is InChI=1S/C17H20N4/c1-13-5-4-6-14(9-13)10-15(20-18)11-21-12-19-16-7-2-3-8-17(16)21/h2-9,12,15,20H,10-11,18H2,1H3. The predicted molar refractivity (Wildman–Crippen MR) is 85.7 cm³/mol. The lowest BCUT2D eigenvalue weighted by Gasteiger charge is -2.17. The van der Waals surface area contributed by atoms with Gasteiger partial charge in [-0.3, -0.25) is 11.3 Å². The number of nitrogens with zero attached hydrogens (tertiary/aromatic N) is 2. The maximum Gasteiger partial charge on any atom is 0.0958 e. The van der Waals surface area contributed by atoms with Gasteiger partial charge in [-0.1, -0.05) is 42.0 Å². The molecule has 0 fully saturated rings. The zero-order chi connectivity index (χ0) is 14.7. The lowest BCUT2D eigenvalue weighted by molar-refractivity contribution is 0.460. The van der Waals surface area contributed by atoms with E-state index in [0.29, 0.717) is 0 Å². The molecule has 0 amide bonds. The van der Waals surface area contributed by atoms with Crippen LogP contribution in [0.1, 0.15) is 11.1 Å². The number of hydrogen-bond acceptors (Lipinski definition) is 3. The van der Waals surface area contributed by atoms with E-state index in [0.717, 1.165) is 24.0 Å². The molecule has 3 N–H and O–H groups in total. The number of nitrogens with two attached hydrogens (primary N) is 1. The van der Waals surface area contributed by atoms with Gasteiger partial charge in [0.2, 0.25) is 0 Å². The van der Waals surface area contributed by atoms with E-state index >= 15 is 0 Å². The average molecular weight is 280 g/mol. The maximum atomic E-state index is 5.74. The summed E-state index contributed by atoms with van der Waals surface area (Å²) in [7, 11) is 0. The third kappa shape index (κ3) is 3.12. The molecule has 21 heavy (non-hydrogen) atoms. The van der Waals surface area contributed by atoms with Gasteiger partial charge in [0.15, 0.2) is 0 Å². The Morgan fingerprint density at radius 2 is 2.05 bits per heavy atom. The molecule has 4 heteroatoms. The van der Waals surface area contributed by atoms with E-state index in [4.69, 9.17) is 5.84 Å². The van der Waals surface area contributed by atoms with E-state index in [1.54, 1.807) is 0 Å². The summed E-state index contributed by atoms with van der Waals surface area (Å²) in [6.07, 6.45) is 2.77. The van der Waals surface area contributed by atoms with E-state index in [9.17, 15) is 0 Å². The molecule has 0 aliphatic heterocycles. The van der Waals surface area contributed by atoms with Crippen LogP contribution in [0, 0.1) is 6.92 Å². The first kappa shape index (κ1) is 13.8. The fourth-order valence-electron chi connectivity index (χ4n) is 2.69.